The molecule has 1 heteroatoms. The number of benzene rings is 1. The Balaban J connectivity index is 0.000000956. The molecule has 1 aromatic rings. The Hall–Kier alpha value is -1.11. The molecule has 20 heavy (non-hydrogen) atoms. The Kier molecular flexibility index (Phi) is 6.45. The largest absolute Gasteiger partial charge is 0.207 e. The summed E-state index contributed by atoms with van der Waals surface area (Å²) in [5.74, 6) is 0.495. The molecule has 1 aliphatic carbocycles. The lowest BCUT2D eigenvalue weighted by Gasteiger charge is -2.22. The molecule has 0 N–H and O–H groups in total. The Morgan fingerprint density at radius 1 is 1.20 bits per heavy atom. The highest BCUT2D eigenvalue weighted by Gasteiger charge is 2.16. The van der Waals surface area contributed by atoms with Gasteiger partial charge in [-0.1, -0.05) is 59.3 Å². The normalized spacial score (nSPS) is 17.2. The highest BCUT2D eigenvalue weighted by Crippen LogP contribution is 2.29. The summed E-state index contributed by atoms with van der Waals surface area (Å²) in [5, 5.41) is 0. The van der Waals surface area contributed by atoms with Gasteiger partial charge >= 0.3 is 0 Å². The van der Waals surface area contributed by atoms with Gasteiger partial charge in [-0.25, -0.2) is 4.39 Å². The first-order valence-corrected chi connectivity index (χ1v) is 7.91. The molecule has 1 aromatic carbocycles. The van der Waals surface area contributed by atoms with E-state index in [0.29, 0.717) is 11.3 Å². The van der Waals surface area contributed by atoms with Crippen LogP contribution in [0.5, 0.6) is 0 Å². The summed E-state index contributed by atoms with van der Waals surface area (Å²) in [4.78, 5) is 0. The molecule has 0 bridgehead atoms. The van der Waals surface area contributed by atoms with Crippen LogP contribution >= 0.6 is 0 Å². The summed E-state index contributed by atoms with van der Waals surface area (Å²) >= 11 is 0. The lowest BCUT2D eigenvalue weighted by Crippen LogP contribution is -2.10. The van der Waals surface area contributed by atoms with Crippen LogP contribution in [0.15, 0.2) is 24.3 Å². The van der Waals surface area contributed by atoms with Gasteiger partial charge in [0, 0.05) is 0 Å². The highest BCUT2D eigenvalue weighted by atomic mass is 19.1. The van der Waals surface area contributed by atoms with Crippen LogP contribution in [0.1, 0.15) is 65.0 Å². The second-order valence-corrected chi connectivity index (χ2v) is 6.62. The number of halogens is 1. The molecule has 2 rings (SSSR count). The van der Waals surface area contributed by atoms with Crippen LogP contribution in [0.25, 0.3) is 6.08 Å². The summed E-state index contributed by atoms with van der Waals surface area (Å²) in [7, 11) is 0. The van der Waals surface area contributed by atoms with Crippen LogP contribution in [0.3, 0.4) is 0 Å². The molecule has 0 amide bonds. The van der Waals surface area contributed by atoms with Crippen molar-refractivity contribution in [2.45, 2.75) is 60.3 Å². The van der Waals surface area contributed by atoms with Crippen molar-refractivity contribution in [2.75, 3.05) is 0 Å². The monoisotopic (exact) mass is 276 g/mol. The van der Waals surface area contributed by atoms with Gasteiger partial charge in [-0.15, -0.1) is 0 Å². The third kappa shape index (κ3) is 5.48. The molecule has 0 spiro atoms. The van der Waals surface area contributed by atoms with Gasteiger partial charge in [0.05, 0.1) is 0 Å². The molecule has 0 fully saturated rings. The predicted molar refractivity (Wildman–Crippen MR) is 87.3 cm³/mol. The quantitative estimate of drug-likeness (QED) is 0.611. The van der Waals surface area contributed by atoms with Crippen molar-refractivity contribution in [1.82, 2.24) is 0 Å². The zero-order chi connectivity index (χ0) is 15.2. The molecule has 1 aliphatic rings. The third-order valence-electron chi connectivity index (χ3n) is 3.64. The average Bonchev–Trinajstić information content (AvgIpc) is 2.40. The van der Waals surface area contributed by atoms with Crippen molar-refractivity contribution in [2.24, 2.45) is 11.3 Å². The Morgan fingerprint density at radius 3 is 2.55 bits per heavy atom. The Morgan fingerprint density at radius 2 is 1.90 bits per heavy atom. The summed E-state index contributed by atoms with van der Waals surface area (Å²) in [5.41, 5.74) is 2.78. The first kappa shape index (κ1) is 16.9. The predicted octanol–water partition coefficient (Wildman–Crippen LogP) is 6.25. The molecule has 0 radical (unpaired) electrons. The van der Waals surface area contributed by atoms with Gasteiger partial charge in [-0.2, -0.15) is 0 Å². The SMILES string of the molecule is CC.CC(C)(C)CCCC1C=Cc2cc(F)ccc2C1. The molecular weight excluding hydrogens is 247 g/mol. The smallest absolute Gasteiger partial charge is 0.123 e. The number of rotatable bonds is 3. The van der Waals surface area contributed by atoms with Crippen molar-refractivity contribution in [3.05, 3.63) is 41.2 Å². The van der Waals surface area contributed by atoms with E-state index in [2.05, 4.69) is 32.9 Å². The highest BCUT2D eigenvalue weighted by molar-refractivity contribution is 5.56. The van der Waals surface area contributed by atoms with Crippen molar-refractivity contribution in [3.63, 3.8) is 0 Å². The summed E-state index contributed by atoms with van der Waals surface area (Å²) in [6.07, 6.45) is 9.19. The van der Waals surface area contributed by atoms with E-state index in [-0.39, 0.29) is 5.82 Å². The number of fused-ring (bicyclic) bond motifs is 1. The van der Waals surface area contributed by atoms with Gasteiger partial charge in [-0.05, 0) is 53.9 Å². The maximum Gasteiger partial charge on any atom is 0.123 e. The van der Waals surface area contributed by atoms with Gasteiger partial charge in [0.15, 0.2) is 0 Å². The Bertz CT molecular complexity index is 438. The molecule has 1 unspecified atom stereocenters. The van der Waals surface area contributed by atoms with Gasteiger partial charge in [0.1, 0.15) is 5.82 Å². The first-order valence-electron chi connectivity index (χ1n) is 7.91. The fraction of sp³-hybridized carbons (Fsp3) is 0.579. The maximum atomic E-state index is 13.1. The molecule has 0 aromatic heterocycles. The van der Waals surface area contributed by atoms with Crippen molar-refractivity contribution in [1.29, 1.82) is 0 Å². The van der Waals surface area contributed by atoms with Gasteiger partial charge in [-0.3, -0.25) is 0 Å². The van der Waals surface area contributed by atoms with Crippen LogP contribution in [-0.4, -0.2) is 0 Å². The molecule has 0 heterocycles. The molecule has 0 saturated heterocycles. The Labute approximate surface area is 124 Å². The molecule has 1 atom stereocenters. The van der Waals surface area contributed by atoms with E-state index >= 15 is 0 Å². The topological polar surface area (TPSA) is 0 Å². The van der Waals surface area contributed by atoms with E-state index in [1.807, 2.05) is 19.9 Å². The van der Waals surface area contributed by atoms with E-state index in [4.69, 9.17) is 0 Å². The fourth-order valence-electron chi connectivity index (χ4n) is 2.59. The molecule has 0 nitrogen and oxygen atoms in total. The van der Waals surface area contributed by atoms with Crippen LogP contribution in [0.4, 0.5) is 4.39 Å². The van der Waals surface area contributed by atoms with E-state index in [1.54, 1.807) is 12.1 Å². The van der Waals surface area contributed by atoms with E-state index in [0.717, 1.165) is 12.0 Å². The van der Waals surface area contributed by atoms with Crippen LogP contribution in [-0.2, 0) is 6.42 Å². The average molecular weight is 276 g/mol. The van der Waals surface area contributed by atoms with Crippen LogP contribution < -0.4 is 0 Å². The number of allylic oxidation sites excluding steroid dienone is 1. The number of hydrogen-bond acceptors (Lipinski definition) is 0. The zero-order valence-corrected chi connectivity index (χ0v) is 13.7. The van der Waals surface area contributed by atoms with Crippen molar-refractivity contribution < 1.29 is 4.39 Å². The standard InChI is InChI=1S/C17H23F.C2H6/c1-17(2,3)10-4-5-13-6-7-15-12-16(18)9-8-14(15)11-13;1-2/h6-9,12-13H,4-5,10-11H2,1-3H3;1-2H3. The van der Waals surface area contributed by atoms with E-state index < -0.39 is 0 Å². The summed E-state index contributed by atoms with van der Waals surface area (Å²) < 4.78 is 13.1. The van der Waals surface area contributed by atoms with Crippen molar-refractivity contribution in [3.8, 4) is 0 Å². The van der Waals surface area contributed by atoms with E-state index in [9.17, 15) is 4.39 Å². The first-order chi connectivity index (χ1) is 9.44. The van der Waals surface area contributed by atoms with Gasteiger partial charge in [0.25, 0.3) is 0 Å². The van der Waals surface area contributed by atoms with Gasteiger partial charge < -0.3 is 0 Å². The third-order valence-corrected chi connectivity index (χ3v) is 3.64. The second-order valence-electron chi connectivity index (χ2n) is 6.62. The summed E-state index contributed by atoms with van der Waals surface area (Å²) in [6.45, 7) is 10.9. The number of hydrogen-bond donors (Lipinski definition) is 0. The molecular formula is C19H29F. The minimum atomic E-state index is -0.135. The van der Waals surface area contributed by atoms with Crippen LogP contribution in [0.2, 0.25) is 0 Å². The minimum absolute atomic E-state index is 0.135. The van der Waals surface area contributed by atoms with Crippen molar-refractivity contribution >= 4 is 6.08 Å². The molecule has 112 valence electrons. The zero-order valence-electron chi connectivity index (χ0n) is 13.7. The minimum Gasteiger partial charge on any atom is -0.207 e. The molecule has 0 saturated carbocycles. The lowest BCUT2D eigenvalue weighted by molar-refractivity contribution is 0.348. The lowest BCUT2D eigenvalue weighted by atomic mass is 9.83. The second kappa shape index (κ2) is 7.61. The van der Waals surface area contributed by atoms with E-state index in [1.165, 1.54) is 24.8 Å². The van der Waals surface area contributed by atoms with Crippen LogP contribution in [0, 0.1) is 17.2 Å². The maximum absolute atomic E-state index is 13.1. The van der Waals surface area contributed by atoms with Gasteiger partial charge in [0.2, 0.25) is 0 Å². The molecule has 0 aliphatic heterocycles. The summed E-state index contributed by atoms with van der Waals surface area (Å²) in [6, 6.07) is 5.15. The fourth-order valence-corrected chi connectivity index (χ4v) is 2.59.